The average molecular weight is 280 g/mol. The normalized spacial score (nSPS) is 26.6. The number of likely N-dealkylation sites (N-methyl/N-ethyl adjacent to an activating group) is 1. The molecule has 0 spiro atoms. The highest BCUT2D eigenvalue weighted by atomic mass is 15.2. The molecule has 0 saturated heterocycles. The molecule has 4 heteroatoms. The van der Waals surface area contributed by atoms with Crippen LogP contribution in [0.25, 0.3) is 0 Å². The van der Waals surface area contributed by atoms with E-state index in [2.05, 4.69) is 56.1 Å². The topological polar surface area (TPSA) is 42.3 Å². The molecule has 1 aliphatic carbocycles. The molecule has 1 aliphatic rings. The first kappa shape index (κ1) is 17.4. The molecule has 0 heterocycles. The molecule has 1 fully saturated rings. The zero-order chi connectivity index (χ0) is 15.2. The SMILES string of the molecule is CCCN(CCN(C)C)C1CCC(C#N)(NC(C)C)C1. The van der Waals surface area contributed by atoms with Crippen molar-refractivity contribution in [2.45, 2.75) is 64.1 Å². The molecule has 0 aromatic carbocycles. The van der Waals surface area contributed by atoms with E-state index in [0.717, 1.165) is 38.9 Å². The van der Waals surface area contributed by atoms with Gasteiger partial charge in [-0.2, -0.15) is 5.26 Å². The first-order chi connectivity index (χ1) is 9.42. The summed E-state index contributed by atoms with van der Waals surface area (Å²) in [4.78, 5) is 4.82. The Morgan fingerprint density at radius 3 is 2.50 bits per heavy atom. The predicted octanol–water partition coefficient (Wildman–Crippen LogP) is 2.07. The van der Waals surface area contributed by atoms with Gasteiger partial charge in [0, 0.05) is 25.2 Å². The van der Waals surface area contributed by atoms with Gasteiger partial charge in [-0.3, -0.25) is 10.2 Å². The fourth-order valence-electron chi connectivity index (χ4n) is 3.24. The second kappa shape index (κ2) is 7.97. The summed E-state index contributed by atoms with van der Waals surface area (Å²) < 4.78 is 0. The van der Waals surface area contributed by atoms with Gasteiger partial charge < -0.3 is 4.90 Å². The van der Waals surface area contributed by atoms with Crippen LogP contribution >= 0.6 is 0 Å². The van der Waals surface area contributed by atoms with Gasteiger partial charge in [0.25, 0.3) is 0 Å². The Bertz CT molecular complexity index is 321. The molecule has 0 bridgehead atoms. The van der Waals surface area contributed by atoms with Gasteiger partial charge in [-0.05, 0) is 60.2 Å². The minimum atomic E-state index is -0.303. The molecule has 1 rings (SSSR count). The fourth-order valence-corrected chi connectivity index (χ4v) is 3.24. The van der Waals surface area contributed by atoms with Crippen LogP contribution in [-0.2, 0) is 0 Å². The molecule has 0 aromatic rings. The number of nitrogens with zero attached hydrogens (tertiary/aromatic N) is 3. The zero-order valence-electron chi connectivity index (χ0n) is 13.9. The highest BCUT2D eigenvalue weighted by molar-refractivity contribution is 5.14. The number of nitrogens with one attached hydrogen (secondary N) is 1. The van der Waals surface area contributed by atoms with Crippen LogP contribution in [0.1, 0.15) is 46.5 Å². The molecule has 1 N–H and O–H groups in total. The molecule has 0 aliphatic heterocycles. The molecule has 0 amide bonds. The Morgan fingerprint density at radius 1 is 1.30 bits per heavy atom. The second-order valence-corrected chi connectivity index (χ2v) is 6.73. The van der Waals surface area contributed by atoms with E-state index in [4.69, 9.17) is 0 Å². The first-order valence-electron chi connectivity index (χ1n) is 8.00. The molecule has 4 nitrogen and oxygen atoms in total. The van der Waals surface area contributed by atoms with Gasteiger partial charge in [-0.25, -0.2) is 0 Å². The lowest BCUT2D eigenvalue weighted by Crippen LogP contribution is -2.47. The average Bonchev–Trinajstić information content (AvgIpc) is 2.78. The summed E-state index contributed by atoms with van der Waals surface area (Å²) in [6.45, 7) is 9.83. The summed E-state index contributed by atoms with van der Waals surface area (Å²) in [7, 11) is 4.25. The minimum absolute atomic E-state index is 0.303. The summed E-state index contributed by atoms with van der Waals surface area (Å²) in [5.74, 6) is 0. The van der Waals surface area contributed by atoms with Crippen LogP contribution in [0.5, 0.6) is 0 Å². The lowest BCUT2D eigenvalue weighted by atomic mass is 9.98. The summed E-state index contributed by atoms with van der Waals surface area (Å²) in [6.07, 6.45) is 4.27. The Balaban J connectivity index is 2.63. The van der Waals surface area contributed by atoms with Gasteiger partial charge in [0.1, 0.15) is 5.54 Å². The molecular formula is C16H32N4. The second-order valence-electron chi connectivity index (χ2n) is 6.73. The van der Waals surface area contributed by atoms with Gasteiger partial charge in [0.2, 0.25) is 0 Å². The van der Waals surface area contributed by atoms with Gasteiger partial charge >= 0.3 is 0 Å². The quantitative estimate of drug-likeness (QED) is 0.739. The van der Waals surface area contributed by atoms with E-state index in [-0.39, 0.29) is 5.54 Å². The molecule has 0 aromatic heterocycles. The van der Waals surface area contributed by atoms with Gasteiger partial charge in [-0.15, -0.1) is 0 Å². The number of hydrogen-bond acceptors (Lipinski definition) is 4. The third-order valence-corrected chi connectivity index (χ3v) is 4.13. The Labute approximate surface area is 125 Å². The van der Waals surface area contributed by atoms with E-state index in [1.54, 1.807) is 0 Å². The largest absolute Gasteiger partial charge is 0.308 e. The van der Waals surface area contributed by atoms with Gasteiger partial charge in [0.15, 0.2) is 0 Å². The zero-order valence-corrected chi connectivity index (χ0v) is 13.9. The molecule has 20 heavy (non-hydrogen) atoms. The van der Waals surface area contributed by atoms with Crippen molar-refractivity contribution in [3.8, 4) is 6.07 Å². The maximum absolute atomic E-state index is 9.57. The van der Waals surface area contributed by atoms with Crippen molar-refractivity contribution in [3.63, 3.8) is 0 Å². The lowest BCUT2D eigenvalue weighted by molar-refractivity contribution is 0.174. The monoisotopic (exact) mass is 280 g/mol. The summed E-state index contributed by atoms with van der Waals surface area (Å²) in [5, 5.41) is 13.1. The molecule has 2 atom stereocenters. The Hall–Kier alpha value is -0.630. The maximum atomic E-state index is 9.57. The maximum Gasteiger partial charge on any atom is 0.108 e. The van der Waals surface area contributed by atoms with Gasteiger partial charge in [0.05, 0.1) is 6.07 Å². The highest BCUT2D eigenvalue weighted by Gasteiger charge is 2.41. The third-order valence-electron chi connectivity index (χ3n) is 4.13. The standard InChI is InChI=1S/C16H32N4/c1-6-9-20(11-10-19(4)5)15-7-8-16(12-15,13-17)18-14(2)3/h14-15,18H,6-12H2,1-5H3. The smallest absolute Gasteiger partial charge is 0.108 e. The Morgan fingerprint density at radius 2 is 2.00 bits per heavy atom. The van der Waals surface area contributed by atoms with E-state index in [1.165, 1.54) is 6.42 Å². The molecule has 2 unspecified atom stereocenters. The summed E-state index contributed by atoms with van der Waals surface area (Å²) in [5.41, 5.74) is -0.303. The number of rotatable bonds is 8. The first-order valence-corrected chi connectivity index (χ1v) is 8.00. The van der Waals surface area contributed by atoms with Crippen molar-refractivity contribution < 1.29 is 0 Å². The van der Waals surface area contributed by atoms with Crippen LogP contribution in [-0.4, -0.2) is 61.2 Å². The van der Waals surface area contributed by atoms with Crippen LogP contribution in [0.3, 0.4) is 0 Å². The molecule has 116 valence electrons. The summed E-state index contributed by atoms with van der Waals surface area (Å²) >= 11 is 0. The van der Waals surface area contributed by atoms with Crippen LogP contribution in [0, 0.1) is 11.3 Å². The number of nitriles is 1. The van der Waals surface area contributed by atoms with Crippen molar-refractivity contribution in [3.05, 3.63) is 0 Å². The molecule has 1 saturated carbocycles. The van der Waals surface area contributed by atoms with Crippen molar-refractivity contribution in [2.75, 3.05) is 33.7 Å². The van der Waals surface area contributed by atoms with Crippen molar-refractivity contribution in [1.82, 2.24) is 15.1 Å². The van der Waals surface area contributed by atoms with Crippen LogP contribution in [0.2, 0.25) is 0 Å². The van der Waals surface area contributed by atoms with E-state index in [9.17, 15) is 5.26 Å². The van der Waals surface area contributed by atoms with E-state index >= 15 is 0 Å². The van der Waals surface area contributed by atoms with E-state index in [0.29, 0.717) is 12.1 Å². The van der Waals surface area contributed by atoms with Gasteiger partial charge in [-0.1, -0.05) is 6.92 Å². The lowest BCUT2D eigenvalue weighted by Gasteiger charge is -2.31. The molecular weight excluding hydrogens is 248 g/mol. The van der Waals surface area contributed by atoms with E-state index < -0.39 is 0 Å². The molecule has 0 radical (unpaired) electrons. The summed E-state index contributed by atoms with van der Waals surface area (Å²) in [6, 6.07) is 3.48. The van der Waals surface area contributed by atoms with Crippen molar-refractivity contribution in [1.29, 1.82) is 5.26 Å². The van der Waals surface area contributed by atoms with E-state index in [1.807, 2.05) is 0 Å². The van der Waals surface area contributed by atoms with Crippen molar-refractivity contribution >= 4 is 0 Å². The fraction of sp³-hybridized carbons (Fsp3) is 0.938. The number of hydrogen-bond donors (Lipinski definition) is 1. The van der Waals surface area contributed by atoms with Crippen LogP contribution in [0.15, 0.2) is 0 Å². The Kier molecular flexibility index (Phi) is 6.94. The predicted molar refractivity (Wildman–Crippen MR) is 84.7 cm³/mol. The highest BCUT2D eigenvalue weighted by Crippen LogP contribution is 2.33. The van der Waals surface area contributed by atoms with Crippen LogP contribution < -0.4 is 5.32 Å². The van der Waals surface area contributed by atoms with Crippen molar-refractivity contribution in [2.24, 2.45) is 0 Å². The third kappa shape index (κ3) is 5.05. The van der Waals surface area contributed by atoms with Crippen LogP contribution in [0.4, 0.5) is 0 Å². The minimum Gasteiger partial charge on any atom is -0.308 e.